The van der Waals surface area contributed by atoms with E-state index in [4.69, 9.17) is 16.3 Å². The van der Waals surface area contributed by atoms with Gasteiger partial charge in [-0.1, -0.05) is 25.4 Å². The second kappa shape index (κ2) is 5.57. The molecule has 1 unspecified atom stereocenters. The van der Waals surface area contributed by atoms with Gasteiger partial charge in [-0.05, 0) is 25.3 Å². The second-order valence-electron chi connectivity index (χ2n) is 3.97. The van der Waals surface area contributed by atoms with Crippen LogP contribution in [0.4, 0.5) is 0 Å². The highest BCUT2D eigenvalue weighted by Gasteiger charge is 2.15. The lowest BCUT2D eigenvalue weighted by Gasteiger charge is -2.16. The Morgan fingerprint density at radius 3 is 2.73 bits per heavy atom. The molecule has 15 heavy (non-hydrogen) atoms. The van der Waals surface area contributed by atoms with Crippen molar-refractivity contribution < 1.29 is 4.74 Å². The predicted molar refractivity (Wildman–Crippen MR) is 64.8 cm³/mol. The standard InChI is InChI=1S/C12H20ClNO/c1-5-9(2)12-11(13)8-10(3)14(12)6-7-15-4/h8-9H,5-7H2,1-4H3. The first-order valence-electron chi connectivity index (χ1n) is 5.46. The zero-order valence-corrected chi connectivity index (χ0v) is 10.8. The molecule has 0 spiro atoms. The Morgan fingerprint density at radius 2 is 2.20 bits per heavy atom. The number of aryl methyl sites for hydroxylation is 1. The molecule has 0 aliphatic carbocycles. The van der Waals surface area contributed by atoms with E-state index in [1.165, 1.54) is 11.4 Å². The van der Waals surface area contributed by atoms with Crippen LogP contribution in [0.1, 0.15) is 37.6 Å². The third-order valence-corrected chi connectivity index (χ3v) is 3.20. The molecule has 1 atom stereocenters. The molecule has 2 nitrogen and oxygen atoms in total. The molecule has 0 N–H and O–H groups in total. The lowest BCUT2D eigenvalue weighted by atomic mass is 10.1. The van der Waals surface area contributed by atoms with E-state index in [2.05, 4.69) is 25.3 Å². The highest BCUT2D eigenvalue weighted by Crippen LogP contribution is 2.29. The first-order chi connectivity index (χ1) is 7.11. The van der Waals surface area contributed by atoms with Crippen molar-refractivity contribution in [2.24, 2.45) is 0 Å². The number of halogens is 1. The SMILES string of the molecule is CCC(C)c1c(Cl)cc(C)n1CCOC. The van der Waals surface area contributed by atoms with Gasteiger partial charge in [-0.25, -0.2) is 0 Å². The van der Waals surface area contributed by atoms with Crippen LogP contribution in [0.5, 0.6) is 0 Å². The number of aromatic nitrogens is 1. The van der Waals surface area contributed by atoms with E-state index in [0.29, 0.717) is 5.92 Å². The van der Waals surface area contributed by atoms with Gasteiger partial charge in [0.2, 0.25) is 0 Å². The predicted octanol–water partition coefficient (Wildman–Crippen LogP) is 3.61. The number of hydrogen-bond donors (Lipinski definition) is 0. The molecule has 0 fully saturated rings. The van der Waals surface area contributed by atoms with E-state index in [1.54, 1.807) is 7.11 Å². The Bertz CT molecular complexity index is 320. The molecular formula is C12H20ClNO. The van der Waals surface area contributed by atoms with E-state index in [9.17, 15) is 0 Å². The number of hydrogen-bond acceptors (Lipinski definition) is 1. The van der Waals surface area contributed by atoms with Crippen LogP contribution in [0.3, 0.4) is 0 Å². The molecule has 0 radical (unpaired) electrons. The summed E-state index contributed by atoms with van der Waals surface area (Å²) in [6.07, 6.45) is 1.11. The molecule has 1 heterocycles. The summed E-state index contributed by atoms with van der Waals surface area (Å²) >= 11 is 6.24. The molecule has 0 aliphatic heterocycles. The maximum atomic E-state index is 6.24. The minimum absolute atomic E-state index is 0.503. The quantitative estimate of drug-likeness (QED) is 0.753. The van der Waals surface area contributed by atoms with Crippen molar-refractivity contribution in [2.45, 2.75) is 39.7 Å². The lowest BCUT2D eigenvalue weighted by Crippen LogP contribution is -2.11. The summed E-state index contributed by atoms with van der Waals surface area (Å²) in [5, 5.41) is 0.887. The first-order valence-corrected chi connectivity index (χ1v) is 5.84. The average molecular weight is 230 g/mol. The Balaban J connectivity index is 3.00. The van der Waals surface area contributed by atoms with Gasteiger partial charge in [0.1, 0.15) is 0 Å². The van der Waals surface area contributed by atoms with Crippen LogP contribution in [-0.4, -0.2) is 18.3 Å². The highest BCUT2D eigenvalue weighted by atomic mass is 35.5. The monoisotopic (exact) mass is 229 g/mol. The largest absolute Gasteiger partial charge is 0.383 e. The summed E-state index contributed by atoms with van der Waals surface area (Å²) in [5.74, 6) is 0.503. The number of nitrogens with zero attached hydrogens (tertiary/aromatic N) is 1. The van der Waals surface area contributed by atoms with Crippen molar-refractivity contribution in [3.8, 4) is 0 Å². The van der Waals surface area contributed by atoms with E-state index >= 15 is 0 Å². The molecule has 0 aliphatic rings. The minimum Gasteiger partial charge on any atom is -0.383 e. The van der Waals surface area contributed by atoms with Crippen LogP contribution in [-0.2, 0) is 11.3 Å². The molecule has 0 amide bonds. The lowest BCUT2D eigenvalue weighted by molar-refractivity contribution is 0.185. The molecular weight excluding hydrogens is 210 g/mol. The third-order valence-electron chi connectivity index (χ3n) is 2.90. The Hall–Kier alpha value is -0.470. The van der Waals surface area contributed by atoms with Crippen LogP contribution in [0, 0.1) is 6.92 Å². The van der Waals surface area contributed by atoms with E-state index in [0.717, 1.165) is 24.6 Å². The Morgan fingerprint density at radius 1 is 1.53 bits per heavy atom. The van der Waals surface area contributed by atoms with Crippen LogP contribution < -0.4 is 0 Å². The molecule has 0 saturated carbocycles. The van der Waals surface area contributed by atoms with E-state index < -0.39 is 0 Å². The van der Waals surface area contributed by atoms with Gasteiger partial charge < -0.3 is 9.30 Å². The highest BCUT2D eigenvalue weighted by molar-refractivity contribution is 6.31. The van der Waals surface area contributed by atoms with Gasteiger partial charge in [-0.2, -0.15) is 0 Å². The van der Waals surface area contributed by atoms with Crippen molar-refractivity contribution in [3.05, 3.63) is 22.5 Å². The van der Waals surface area contributed by atoms with Gasteiger partial charge in [0.15, 0.2) is 0 Å². The van der Waals surface area contributed by atoms with Gasteiger partial charge >= 0.3 is 0 Å². The summed E-state index contributed by atoms with van der Waals surface area (Å²) in [5.41, 5.74) is 2.46. The summed E-state index contributed by atoms with van der Waals surface area (Å²) in [6.45, 7) is 8.10. The Kier molecular flexibility index (Phi) is 4.68. The summed E-state index contributed by atoms with van der Waals surface area (Å²) < 4.78 is 7.38. The fourth-order valence-corrected chi connectivity index (χ4v) is 2.27. The molecule has 1 aromatic heterocycles. The van der Waals surface area contributed by atoms with Crippen LogP contribution in [0.15, 0.2) is 6.07 Å². The molecule has 0 bridgehead atoms. The summed E-state index contributed by atoms with van der Waals surface area (Å²) in [7, 11) is 1.73. The van der Waals surface area contributed by atoms with Crippen molar-refractivity contribution in [3.63, 3.8) is 0 Å². The van der Waals surface area contributed by atoms with E-state index in [1.807, 2.05) is 6.07 Å². The molecule has 0 aromatic carbocycles. The number of ether oxygens (including phenoxy) is 1. The van der Waals surface area contributed by atoms with Crippen molar-refractivity contribution >= 4 is 11.6 Å². The van der Waals surface area contributed by atoms with E-state index in [-0.39, 0.29) is 0 Å². The zero-order chi connectivity index (χ0) is 11.4. The summed E-state index contributed by atoms with van der Waals surface area (Å²) in [6, 6.07) is 2.04. The fourth-order valence-electron chi connectivity index (χ4n) is 1.83. The normalized spacial score (nSPS) is 13.1. The maximum Gasteiger partial charge on any atom is 0.0641 e. The first kappa shape index (κ1) is 12.6. The van der Waals surface area contributed by atoms with Crippen LogP contribution in [0.25, 0.3) is 0 Å². The van der Waals surface area contributed by atoms with Crippen LogP contribution >= 0.6 is 11.6 Å². The third kappa shape index (κ3) is 2.76. The van der Waals surface area contributed by atoms with Gasteiger partial charge in [0, 0.05) is 25.0 Å². The van der Waals surface area contributed by atoms with Crippen molar-refractivity contribution in [1.82, 2.24) is 4.57 Å². The average Bonchev–Trinajstić information content (AvgIpc) is 2.49. The molecule has 86 valence electrons. The molecule has 3 heteroatoms. The van der Waals surface area contributed by atoms with Gasteiger partial charge in [0.05, 0.1) is 11.6 Å². The fraction of sp³-hybridized carbons (Fsp3) is 0.667. The van der Waals surface area contributed by atoms with Gasteiger partial charge in [-0.3, -0.25) is 0 Å². The maximum absolute atomic E-state index is 6.24. The zero-order valence-electron chi connectivity index (χ0n) is 10.0. The summed E-state index contributed by atoms with van der Waals surface area (Å²) in [4.78, 5) is 0. The number of methoxy groups -OCH3 is 1. The van der Waals surface area contributed by atoms with Crippen LogP contribution in [0.2, 0.25) is 5.02 Å². The van der Waals surface area contributed by atoms with Gasteiger partial charge in [-0.15, -0.1) is 0 Å². The number of rotatable bonds is 5. The topological polar surface area (TPSA) is 14.2 Å². The smallest absolute Gasteiger partial charge is 0.0641 e. The minimum atomic E-state index is 0.503. The molecule has 1 rings (SSSR count). The van der Waals surface area contributed by atoms with Crippen molar-refractivity contribution in [2.75, 3.05) is 13.7 Å². The van der Waals surface area contributed by atoms with Gasteiger partial charge in [0.25, 0.3) is 0 Å². The molecule has 0 saturated heterocycles. The second-order valence-corrected chi connectivity index (χ2v) is 4.38. The van der Waals surface area contributed by atoms with Crippen molar-refractivity contribution in [1.29, 1.82) is 0 Å². The molecule has 1 aromatic rings. The Labute approximate surface area is 97.2 Å².